The van der Waals surface area contributed by atoms with Crippen molar-refractivity contribution in [2.24, 2.45) is 0 Å². The van der Waals surface area contributed by atoms with Crippen molar-refractivity contribution < 1.29 is 31.4 Å². The highest BCUT2D eigenvalue weighted by atomic mass is 35.5. The Hall–Kier alpha value is -3.65. The van der Waals surface area contributed by atoms with E-state index in [1.54, 1.807) is 0 Å². The van der Waals surface area contributed by atoms with E-state index in [-0.39, 0.29) is 51.4 Å². The van der Waals surface area contributed by atoms with Crippen LogP contribution in [0.3, 0.4) is 0 Å². The van der Waals surface area contributed by atoms with Gasteiger partial charge in [-0.1, -0.05) is 11.6 Å². The summed E-state index contributed by atoms with van der Waals surface area (Å²) in [5.74, 6) is -2.99. The molecule has 1 atom stereocenters. The van der Waals surface area contributed by atoms with Crippen LogP contribution in [0.1, 0.15) is 38.4 Å². The Morgan fingerprint density at radius 3 is 2.57 bits per heavy atom. The van der Waals surface area contributed by atoms with Gasteiger partial charge in [0.25, 0.3) is 10.0 Å². The topological polar surface area (TPSA) is 117 Å². The first kappa shape index (κ1) is 30.4. The number of aliphatic hydroxyl groups excluding tert-OH is 1. The smallest absolute Gasteiger partial charge is 0.265 e. The molecule has 4 aromatic rings. The van der Waals surface area contributed by atoms with Crippen molar-refractivity contribution >= 4 is 44.2 Å². The molecule has 1 unspecified atom stereocenters. The Morgan fingerprint density at radius 1 is 1.09 bits per heavy atom. The molecule has 3 heterocycles. The largest absolute Gasteiger partial charge is 0.489 e. The van der Waals surface area contributed by atoms with Gasteiger partial charge in [-0.15, -0.1) is 0 Å². The molecule has 2 aliphatic heterocycles. The SMILES string of the molecule is CC(C)N1CCC(Nc2ncc3cc(-c4c(F)ccc(NS(=O)(=O)c5cc(Cl)cc6c5OCC6O)c4F)cc(F)c3n2)CC1. The number of fused-ring (bicyclic) bond motifs is 2. The number of sulfonamides is 1. The van der Waals surface area contributed by atoms with E-state index in [1.165, 1.54) is 18.3 Å². The minimum Gasteiger partial charge on any atom is -0.489 e. The van der Waals surface area contributed by atoms with E-state index < -0.39 is 49.7 Å². The molecule has 9 nitrogen and oxygen atoms in total. The Kier molecular flexibility index (Phi) is 8.07. The second kappa shape index (κ2) is 11.7. The van der Waals surface area contributed by atoms with Crippen LogP contribution in [0.4, 0.5) is 24.8 Å². The summed E-state index contributed by atoms with van der Waals surface area (Å²) in [6, 6.07) is 7.12. The molecule has 232 valence electrons. The number of benzene rings is 3. The third-order valence-corrected chi connectivity index (χ3v) is 9.53. The maximum Gasteiger partial charge on any atom is 0.265 e. The molecule has 0 aliphatic carbocycles. The monoisotopic (exact) mass is 647 g/mol. The minimum atomic E-state index is -4.52. The molecule has 0 radical (unpaired) electrons. The molecule has 1 aromatic heterocycles. The van der Waals surface area contributed by atoms with Gasteiger partial charge in [-0.2, -0.15) is 0 Å². The Balaban J connectivity index is 1.29. The summed E-state index contributed by atoms with van der Waals surface area (Å²) in [6.07, 6.45) is 2.05. The van der Waals surface area contributed by atoms with E-state index in [9.17, 15) is 13.5 Å². The molecule has 44 heavy (non-hydrogen) atoms. The van der Waals surface area contributed by atoms with E-state index in [1.807, 2.05) is 0 Å². The Labute approximate surface area is 257 Å². The van der Waals surface area contributed by atoms with Crippen molar-refractivity contribution in [3.63, 3.8) is 0 Å². The number of hydrogen-bond acceptors (Lipinski definition) is 8. The summed E-state index contributed by atoms with van der Waals surface area (Å²) in [6.45, 7) is 5.96. The minimum absolute atomic E-state index is 0.0117. The van der Waals surface area contributed by atoms with Gasteiger partial charge in [0.1, 0.15) is 40.5 Å². The molecular weight excluding hydrogens is 619 g/mol. The van der Waals surface area contributed by atoms with Crippen LogP contribution >= 0.6 is 11.6 Å². The molecule has 3 N–H and O–H groups in total. The number of aromatic nitrogens is 2. The van der Waals surface area contributed by atoms with Gasteiger partial charge in [0.15, 0.2) is 5.82 Å². The second-order valence-corrected chi connectivity index (χ2v) is 13.3. The standard InChI is InChI=1S/C30H29ClF3N5O4S/c1-15(2)39-7-5-19(6-8-39)36-30-35-13-17-9-16(10-22(33)28(17)37-30)26-21(32)3-4-23(27(26)34)38-44(41,42)25-12-18(31)11-20-24(40)14-43-29(20)25/h3-4,9-13,15,19,24,38,40H,5-8,14H2,1-2H3,(H,35,36,37). The van der Waals surface area contributed by atoms with Crippen LogP contribution in [0, 0.1) is 17.5 Å². The van der Waals surface area contributed by atoms with Crippen molar-refractivity contribution in [2.75, 3.05) is 29.7 Å². The predicted molar refractivity (Wildman–Crippen MR) is 161 cm³/mol. The number of likely N-dealkylation sites (tertiary alicyclic amines) is 1. The second-order valence-electron chi connectivity index (χ2n) is 11.2. The summed E-state index contributed by atoms with van der Waals surface area (Å²) < 4.78 is 80.2. The zero-order chi connectivity index (χ0) is 31.3. The van der Waals surface area contributed by atoms with Crippen LogP contribution in [-0.4, -0.2) is 60.2 Å². The fourth-order valence-corrected chi connectivity index (χ4v) is 7.15. The third-order valence-electron chi connectivity index (χ3n) is 7.94. The summed E-state index contributed by atoms with van der Waals surface area (Å²) >= 11 is 6.06. The lowest BCUT2D eigenvalue weighted by Gasteiger charge is -2.34. The van der Waals surface area contributed by atoms with Crippen LogP contribution in [0.2, 0.25) is 5.02 Å². The summed E-state index contributed by atoms with van der Waals surface area (Å²) in [4.78, 5) is 10.6. The number of ether oxygens (including phenoxy) is 1. The Morgan fingerprint density at radius 2 is 1.84 bits per heavy atom. The summed E-state index contributed by atoms with van der Waals surface area (Å²) in [5.41, 5.74) is -1.27. The molecule has 0 spiro atoms. The van der Waals surface area contributed by atoms with Gasteiger partial charge in [-0.05, 0) is 68.7 Å². The third kappa shape index (κ3) is 5.76. The van der Waals surface area contributed by atoms with Crippen LogP contribution in [0.5, 0.6) is 5.75 Å². The summed E-state index contributed by atoms with van der Waals surface area (Å²) in [5, 5.41) is 13.6. The van der Waals surface area contributed by atoms with E-state index >= 15 is 13.2 Å². The predicted octanol–water partition coefficient (Wildman–Crippen LogP) is 5.88. The molecule has 0 amide bonds. The van der Waals surface area contributed by atoms with E-state index in [2.05, 4.69) is 38.8 Å². The number of halogens is 4. The number of hydrogen-bond donors (Lipinski definition) is 3. The van der Waals surface area contributed by atoms with Crippen molar-refractivity contribution in [3.8, 4) is 16.9 Å². The summed E-state index contributed by atoms with van der Waals surface area (Å²) in [7, 11) is -4.52. The van der Waals surface area contributed by atoms with E-state index in [0.29, 0.717) is 6.04 Å². The van der Waals surface area contributed by atoms with Crippen LogP contribution < -0.4 is 14.8 Å². The van der Waals surface area contributed by atoms with Crippen LogP contribution in [0.15, 0.2) is 47.5 Å². The molecule has 6 rings (SSSR count). The van der Waals surface area contributed by atoms with Gasteiger partial charge in [0, 0.05) is 47.3 Å². The molecule has 0 bridgehead atoms. The van der Waals surface area contributed by atoms with Crippen molar-refractivity contribution in [1.82, 2.24) is 14.9 Å². The average Bonchev–Trinajstić information content (AvgIpc) is 3.34. The average molecular weight is 648 g/mol. The van der Waals surface area contributed by atoms with E-state index in [0.717, 1.165) is 50.2 Å². The molecule has 1 fully saturated rings. The first-order valence-electron chi connectivity index (χ1n) is 14.0. The fourth-order valence-electron chi connectivity index (χ4n) is 5.60. The number of aliphatic hydroxyl groups is 1. The van der Waals surface area contributed by atoms with Gasteiger partial charge in [-0.3, -0.25) is 4.72 Å². The first-order chi connectivity index (χ1) is 20.9. The lowest BCUT2D eigenvalue weighted by Crippen LogP contribution is -2.42. The van der Waals surface area contributed by atoms with Crippen molar-refractivity contribution in [3.05, 3.63) is 70.6 Å². The Bertz CT molecular complexity index is 1870. The van der Waals surface area contributed by atoms with Crippen molar-refractivity contribution in [2.45, 2.75) is 49.8 Å². The van der Waals surface area contributed by atoms with Gasteiger partial charge in [0.2, 0.25) is 5.95 Å². The lowest BCUT2D eigenvalue weighted by atomic mass is 10.0. The highest BCUT2D eigenvalue weighted by molar-refractivity contribution is 7.92. The molecule has 14 heteroatoms. The fraction of sp³-hybridized carbons (Fsp3) is 0.333. The molecule has 3 aromatic carbocycles. The maximum absolute atomic E-state index is 15.8. The number of piperidine rings is 1. The van der Waals surface area contributed by atoms with Crippen LogP contribution in [0.25, 0.3) is 22.0 Å². The quantitative estimate of drug-likeness (QED) is 0.228. The molecule has 2 aliphatic rings. The number of nitrogens with zero attached hydrogens (tertiary/aromatic N) is 3. The molecular formula is C30H29ClF3N5O4S. The van der Waals surface area contributed by atoms with Gasteiger partial charge in [0.05, 0.1) is 11.3 Å². The highest BCUT2D eigenvalue weighted by Crippen LogP contribution is 2.41. The first-order valence-corrected chi connectivity index (χ1v) is 15.9. The number of rotatable bonds is 7. The van der Waals surface area contributed by atoms with Crippen molar-refractivity contribution in [1.29, 1.82) is 0 Å². The highest BCUT2D eigenvalue weighted by Gasteiger charge is 2.32. The molecule has 0 saturated carbocycles. The number of anilines is 2. The molecule has 1 saturated heterocycles. The van der Waals surface area contributed by atoms with Gasteiger partial charge >= 0.3 is 0 Å². The zero-order valence-electron chi connectivity index (χ0n) is 23.7. The maximum atomic E-state index is 15.8. The lowest BCUT2D eigenvalue weighted by molar-refractivity contribution is 0.140. The van der Waals surface area contributed by atoms with Gasteiger partial charge in [-0.25, -0.2) is 31.6 Å². The number of nitrogens with one attached hydrogen (secondary N) is 2. The zero-order valence-corrected chi connectivity index (χ0v) is 25.3. The van der Waals surface area contributed by atoms with E-state index in [4.69, 9.17) is 16.3 Å². The van der Waals surface area contributed by atoms with Crippen LogP contribution in [-0.2, 0) is 10.0 Å². The van der Waals surface area contributed by atoms with Gasteiger partial charge < -0.3 is 20.1 Å². The normalized spacial score (nSPS) is 17.6.